The summed E-state index contributed by atoms with van der Waals surface area (Å²) in [6.45, 7) is 0. The molecule has 0 radical (unpaired) electrons. The molecule has 0 heterocycles. The summed E-state index contributed by atoms with van der Waals surface area (Å²) in [5.74, 6) is 0.135. The highest BCUT2D eigenvalue weighted by Crippen LogP contribution is 2.25. The quantitative estimate of drug-likeness (QED) is 0.588. The van der Waals surface area contributed by atoms with E-state index in [1.165, 1.54) is 0 Å². The van der Waals surface area contributed by atoms with Crippen molar-refractivity contribution in [3.8, 4) is 5.75 Å². The average molecular weight is 356 g/mol. The van der Waals surface area contributed by atoms with Crippen molar-refractivity contribution in [3.05, 3.63) is 63.0 Å². The van der Waals surface area contributed by atoms with Crippen LogP contribution in [-0.4, -0.2) is 5.97 Å². The molecule has 0 atom stereocenters. The minimum absolute atomic E-state index is 0.377. The zero-order chi connectivity index (χ0) is 12.3. The van der Waals surface area contributed by atoms with Crippen LogP contribution in [-0.2, 0) is 0 Å². The summed E-state index contributed by atoms with van der Waals surface area (Å²) < 4.78 is 6.88. The first-order chi connectivity index (χ1) is 8.16. The van der Waals surface area contributed by atoms with E-state index in [1.807, 2.05) is 24.3 Å². The standard InChI is InChI=1S/C13H8Br2O2/c14-10-5-3-4-9(8-10)13(16)17-12-7-2-1-6-11(12)15/h1-8H. The van der Waals surface area contributed by atoms with E-state index in [-0.39, 0.29) is 5.97 Å². The van der Waals surface area contributed by atoms with Crippen LogP contribution in [0.1, 0.15) is 10.4 Å². The molecule has 0 aromatic heterocycles. The molecule has 2 nitrogen and oxygen atoms in total. The number of ether oxygens (including phenoxy) is 1. The number of rotatable bonds is 2. The zero-order valence-electron chi connectivity index (χ0n) is 8.69. The van der Waals surface area contributed by atoms with E-state index < -0.39 is 0 Å². The molecule has 0 fully saturated rings. The summed E-state index contributed by atoms with van der Waals surface area (Å²) in [6.07, 6.45) is 0. The van der Waals surface area contributed by atoms with Crippen LogP contribution >= 0.6 is 31.9 Å². The number of esters is 1. The second-order valence-corrected chi connectivity index (χ2v) is 5.10. The summed E-state index contributed by atoms with van der Waals surface area (Å²) >= 11 is 6.64. The van der Waals surface area contributed by atoms with Gasteiger partial charge in [0.2, 0.25) is 0 Å². The summed E-state index contributed by atoms with van der Waals surface area (Å²) in [5, 5.41) is 0. The van der Waals surface area contributed by atoms with Crippen LogP contribution in [0.25, 0.3) is 0 Å². The second-order valence-electron chi connectivity index (χ2n) is 3.33. The van der Waals surface area contributed by atoms with Gasteiger partial charge < -0.3 is 4.74 Å². The lowest BCUT2D eigenvalue weighted by atomic mass is 10.2. The van der Waals surface area contributed by atoms with Crippen LogP contribution in [0.2, 0.25) is 0 Å². The van der Waals surface area contributed by atoms with E-state index in [1.54, 1.807) is 24.3 Å². The van der Waals surface area contributed by atoms with E-state index in [0.29, 0.717) is 11.3 Å². The molecule has 0 amide bonds. The molecule has 0 saturated carbocycles. The minimum Gasteiger partial charge on any atom is -0.422 e. The Morgan fingerprint density at radius 3 is 2.47 bits per heavy atom. The fraction of sp³-hybridized carbons (Fsp3) is 0. The predicted octanol–water partition coefficient (Wildman–Crippen LogP) is 4.43. The molecule has 0 unspecified atom stereocenters. The minimum atomic E-state index is -0.377. The smallest absolute Gasteiger partial charge is 0.343 e. The Kier molecular flexibility index (Phi) is 3.97. The fourth-order valence-electron chi connectivity index (χ4n) is 1.30. The molecule has 0 spiro atoms. The third-order valence-electron chi connectivity index (χ3n) is 2.10. The molecule has 86 valence electrons. The Labute approximate surface area is 116 Å². The summed E-state index contributed by atoms with van der Waals surface area (Å²) in [6, 6.07) is 14.3. The zero-order valence-corrected chi connectivity index (χ0v) is 11.9. The summed E-state index contributed by atoms with van der Waals surface area (Å²) in [4.78, 5) is 11.9. The van der Waals surface area contributed by atoms with Crippen molar-refractivity contribution in [2.75, 3.05) is 0 Å². The topological polar surface area (TPSA) is 26.3 Å². The Morgan fingerprint density at radius 1 is 1.00 bits per heavy atom. The lowest BCUT2D eigenvalue weighted by Gasteiger charge is -2.06. The van der Waals surface area contributed by atoms with Crippen molar-refractivity contribution in [3.63, 3.8) is 0 Å². The Bertz CT molecular complexity index is 553. The van der Waals surface area contributed by atoms with E-state index in [2.05, 4.69) is 31.9 Å². The molecule has 2 rings (SSSR count). The van der Waals surface area contributed by atoms with Crippen molar-refractivity contribution >= 4 is 37.8 Å². The summed E-state index contributed by atoms with van der Waals surface area (Å²) in [7, 11) is 0. The molecule has 17 heavy (non-hydrogen) atoms. The van der Waals surface area contributed by atoms with Gasteiger partial charge in [0.25, 0.3) is 0 Å². The van der Waals surface area contributed by atoms with Gasteiger partial charge in [-0.05, 0) is 46.3 Å². The molecular weight excluding hydrogens is 348 g/mol. The fourth-order valence-corrected chi connectivity index (χ4v) is 2.07. The van der Waals surface area contributed by atoms with Gasteiger partial charge >= 0.3 is 5.97 Å². The third kappa shape index (κ3) is 3.17. The molecule has 2 aromatic carbocycles. The van der Waals surface area contributed by atoms with Crippen LogP contribution in [0.15, 0.2) is 57.5 Å². The Morgan fingerprint density at radius 2 is 1.76 bits per heavy atom. The largest absolute Gasteiger partial charge is 0.422 e. The molecule has 0 N–H and O–H groups in total. The molecule has 4 heteroatoms. The highest BCUT2D eigenvalue weighted by atomic mass is 79.9. The molecule has 0 aliphatic heterocycles. The van der Waals surface area contributed by atoms with E-state index >= 15 is 0 Å². The van der Waals surface area contributed by atoms with Gasteiger partial charge in [0.15, 0.2) is 0 Å². The first kappa shape index (κ1) is 12.3. The van der Waals surface area contributed by atoms with Crippen molar-refractivity contribution < 1.29 is 9.53 Å². The maximum atomic E-state index is 11.9. The van der Waals surface area contributed by atoms with Gasteiger partial charge in [-0.15, -0.1) is 0 Å². The normalized spacial score (nSPS) is 10.0. The van der Waals surface area contributed by atoms with E-state index in [4.69, 9.17) is 4.74 Å². The number of benzene rings is 2. The maximum absolute atomic E-state index is 11.9. The molecule has 0 saturated heterocycles. The number of hydrogen-bond donors (Lipinski definition) is 0. The lowest BCUT2D eigenvalue weighted by Crippen LogP contribution is -2.08. The maximum Gasteiger partial charge on any atom is 0.343 e. The van der Waals surface area contributed by atoms with Crippen LogP contribution in [0, 0.1) is 0 Å². The number of carbonyl (C=O) groups is 1. The van der Waals surface area contributed by atoms with Gasteiger partial charge in [0, 0.05) is 4.47 Å². The van der Waals surface area contributed by atoms with E-state index in [9.17, 15) is 4.79 Å². The number of hydrogen-bond acceptors (Lipinski definition) is 2. The SMILES string of the molecule is O=C(Oc1ccccc1Br)c1cccc(Br)c1. The lowest BCUT2D eigenvalue weighted by molar-refractivity contribution is 0.0733. The van der Waals surface area contributed by atoms with Crippen molar-refractivity contribution in [1.82, 2.24) is 0 Å². The van der Waals surface area contributed by atoms with Gasteiger partial charge in [-0.3, -0.25) is 0 Å². The molecule has 0 aliphatic rings. The first-order valence-corrected chi connectivity index (χ1v) is 6.48. The highest BCUT2D eigenvalue weighted by Gasteiger charge is 2.10. The van der Waals surface area contributed by atoms with Crippen LogP contribution in [0.4, 0.5) is 0 Å². The van der Waals surface area contributed by atoms with Gasteiger partial charge in [-0.2, -0.15) is 0 Å². The van der Waals surface area contributed by atoms with Gasteiger partial charge in [-0.25, -0.2) is 4.79 Å². The number of halogens is 2. The molecular formula is C13H8Br2O2. The van der Waals surface area contributed by atoms with Crippen LogP contribution < -0.4 is 4.74 Å². The highest BCUT2D eigenvalue weighted by molar-refractivity contribution is 9.10. The van der Waals surface area contributed by atoms with Gasteiger partial charge in [0.05, 0.1) is 10.0 Å². The van der Waals surface area contributed by atoms with Crippen molar-refractivity contribution in [2.24, 2.45) is 0 Å². The number of carbonyl (C=O) groups excluding carboxylic acids is 1. The molecule has 0 bridgehead atoms. The average Bonchev–Trinajstić information content (AvgIpc) is 2.32. The Hall–Kier alpha value is -1.13. The second kappa shape index (κ2) is 5.47. The number of para-hydroxylation sites is 1. The van der Waals surface area contributed by atoms with Crippen molar-refractivity contribution in [1.29, 1.82) is 0 Å². The van der Waals surface area contributed by atoms with Crippen LogP contribution in [0.3, 0.4) is 0 Å². The monoisotopic (exact) mass is 354 g/mol. The molecule has 0 aliphatic carbocycles. The van der Waals surface area contributed by atoms with Crippen LogP contribution in [0.5, 0.6) is 5.75 Å². The Balaban J connectivity index is 2.20. The van der Waals surface area contributed by atoms with Gasteiger partial charge in [-0.1, -0.05) is 34.1 Å². The first-order valence-electron chi connectivity index (χ1n) is 4.89. The van der Waals surface area contributed by atoms with Gasteiger partial charge in [0.1, 0.15) is 5.75 Å². The van der Waals surface area contributed by atoms with Crippen molar-refractivity contribution in [2.45, 2.75) is 0 Å². The third-order valence-corrected chi connectivity index (χ3v) is 3.25. The van der Waals surface area contributed by atoms with E-state index in [0.717, 1.165) is 8.95 Å². The predicted molar refractivity (Wildman–Crippen MR) is 73.2 cm³/mol. The summed E-state index contributed by atoms with van der Waals surface area (Å²) in [5.41, 5.74) is 0.509. The molecule has 2 aromatic rings.